The van der Waals surface area contributed by atoms with Crippen LogP contribution >= 0.6 is 0 Å². The molecule has 0 amide bonds. The Labute approximate surface area is 134 Å². The van der Waals surface area contributed by atoms with Crippen LogP contribution in [0.25, 0.3) is 0 Å². The van der Waals surface area contributed by atoms with E-state index in [2.05, 4.69) is 10.2 Å². The van der Waals surface area contributed by atoms with Crippen molar-refractivity contribution in [2.75, 3.05) is 32.1 Å². The minimum atomic E-state index is -0.361. The molecule has 0 radical (unpaired) electrons. The molecule has 0 aliphatic carbocycles. The molecule has 1 aromatic heterocycles. The number of ether oxygens (including phenoxy) is 1. The highest BCUT2D eigenvalue weighted by Gasteiger charge is 2.24. The zero-order valence-corrected chi connectivity index (χ0v) is 12.9. The van der Waals surface area contributed by atoms with Gasteiger partial charge in [-0.2, -0.15) is 0 Å². The molecule has 1 fully saturated rings. The SMILES string of the molecule is CNc1ccc(CN2CCO[C@H](c3ccco3)C2)cc1[N+](=O)[O-]. The lowest BCUT2D eigenvalue weighted by Crippen LogP contribution is -2.37. The number of anilines is 1. The number of rotatable bonds is 5. The van der Waals surface area contributed by atoms with Gasteiger partial charge in [-0.1, -0.05) is 6.07 Å². The summed E-state index contributed by atoms with van der Waals surface area (Å²) < 4.78 is 11.1. The van der Waals surface area contributed by atoms with Gasteiger partial charge in [0.1, 0.15) is 17.6 Å². The van der Waals surface area contributed by atoms with Crippen molar-refractivity contribution in [1.29, 1.82) is 0 Å². The predicted molar refractivity (Wildman–Crippen MR) is 85.3 cm³/mol. The Morgan fingerprint density at radius 1 is 1.43 bits per heavy atom. The van der Waals surface area contributed by atoms with Crippen LogP contribution in [0.2, 0.25) is 0 Å². The molecule has 7 nitrogen and oxygen atoms in total. The molecule has 0 unspecified atom stereocenters. The largest absolute Gasteiger partial charge is 0.467 e. The van der Waals surface area contributed by atoms with E-state index in [1.807, 2.05) is 18.2 Å². The monoisotopic (exact) mass is 317 g/mol. The topological polar surface area (TPSA) is 80.8 Å². The van der Waals surface area contributed by atoms with E-state index in [0.717, 1.165) is 17.9 Å². The van der Waals surface area contributed by atoms with E-state index >= 15 is 0 Å². The lowest BCUT2D eigenvalue weighted by atomic mass is 10.1. The first-order valence-electron chi connectivity index (χ1n) is 7.50. The van der Waals surface area contributed by atoms with Gasteiger partial charge in [0.05, 0.1) is 17.8 Å². The van der Waals surface area contributed by atoms with Gasteiger partial charge in [0, 0.05) is 32.7 Å². The van der Waals surface area contributed by atoms with Crippen LogP contribution in [-0.4, -0.2) is 36.6 Å². The zero-order chi connectivity index (χ0) is 16.2. The van der Waals surface area contributed by atoms with Gasteiger partial charge in [-0.3, -0.25) is 15.0 Å². The Hall–Kier alpha value is -2.38. The van der Waals surface area contributed by atoms with Gasteiger partial charge in [-0.05, 0) is 23.8 Å². The van der Waals surface area contributed by atoms with Gasteiger partial charge in [-0.15, -0.1) is 0 Å². The summed E-state index contributed by atoms with van der Waals surface area (Å²) in [5.74, 6) is 0.811. The van der Waals surface area contributed by atoms with Gasteiger partial charge in [0.25, 0.3) is 5.69 Å². The number of morpholine rings is 1. The fraction of sp³-hybridized carbons (Fsp3) is 0.375. The molecule has 0 spiro atoms. The van der Waals surface area contributed by atoms with E-state index in [-0.39, 0.29) is 16.7 Å². The van der Waals surface area contributed by atoms with Crippen LogP contribution in [0.1, 0.15) is 17.4 Å². The minimum absolute atomic E-state index is 0.0923. The second kappa shape index (κ2) is 6.80. The summed E-state index contributed by atoms with van der Waals surface area (Å²) in [6.45, 7) is 2.75. The van der Waals surface area contributed by atoms with E-state index in [0.29, 0.717) is 25.4 Å². The van der Waals surface area contributed by atoms with Gasteiger partial charge in [0.2, 0.25) is 0 Å². The molecule has 7 heteroatoms. The molecule has 23 heavy (non-hydrogen) atoms. The molecular weight excluding hydrogens is 298 g/mol. The van der Waals surface area contributed by atoms with Crippen LogP contribution in [0.15, 0.2) is 41.0 Å². The maximum Gasteiger partial charge on any atom is 0.292 e. The highest BCUT2D eigenvalue weighted by molar-refractivity contribution is 5.62. The molecule has 1 saturated heterocycles. The predicted octanol–water partition coefficient (Wildman–Crippen LogP) is 2.80. The molecule has 3 rings (SSSR count). The van der Waals surface area contributed by atoms with Crippen molar-refractivity contribution in [2.24, 2.45) is 0 Å². The first-order valence-corrected chi connectivity index (χ1v) is 7.50. The average Bonchev–Trinajstić information content (AvgIpc) is 3.09. The quantitative estimate of drug-likeness (QED) is 0.674. The van der Waals surface area contributed by atoms with Crippen LogP contribution in [-0.2, 0) is 11.3 Å². The summed E-state index contributed by atoms with van der Waals surface area (Å²) in [7, 11) is 1.68. The number of hydrogen-bond acceptors (Lipinski definition) is 6. The van der Waals surface area contributed by atoms with E-state index < -0.39 is 0 Å². The Morgan fingerprint density at radius 3 is 3.00 bits per heavy atom. The second-order valence-corrected chi connectivity index (χ2v) is 5.47. The van der Waals surface area contributed by atoms with Crippen molar-refractivity contribution in [2.45, 2.75) is 12.6 Å². The van der Waals surface area contributed by atoms with Gasteiger partial charge in [0.15, 0.2) is 0 Å². The molecule has 1 aliphatic rings. The molecule has 1 atom stereocenters. The van der Waals surface area contributed by atoms with E-state index in [4.69, 9.17) is 9.15 Å². The standard InChI is InChI=1S/C16H19N3O4/c1-17-13-5-4-12(9-14(13)19(20)21)10-18-6-8-23-16(11-18)15-3-2-7-22-15/h2-5,7,9,16-17H,6,8,10-11H2,1H3/t16-/m0/s1. The second-order valence-electron chi connectivity index (χ2n) is 5.47. The fourth-order valence-electron chi connectivity index (χ4n) is 2.79. The number of hydrogen-bond donors (Lipinski definition) is 1. The molecular formula is C16H19N3O4. The van der Waals surface area contributed by atoms with Crippen molar-refractivity contribution >= 4 is 11.4 Å². The third kappa shape index (κ3) is 3.52. The first kappa shape index (κ1) is 15.5. The lowest BCUT2D eigenvalue weighted by molar-refractivity contribution is -0.384. The normalized spacial score (nSPS) is 18.7. The van der Waals surface area contributed by atoms with Crippen molar-refractivity contribution in [3.05, 3.63) is 58.0 Å². The summed E-state index contributed by atoms with van der Waals surface area (Å²) >= 11 is 0. The van der Waals surface area contributed by atoms with Crippen LogP contribution in [0.4, 0.5) is 11.4 Å². The molecule has 2 aromatic rings. The summed E-state index contributed by atoms with van der Waals surface area (Å²) in [6, 6.07) is 9.04. The number of nitrogens with zero attached hydrogens (tertiary/aromatic N) is 2. The highest BCUT2D eigenvalue weighted by atomic mass is 16.6. The third-order valence-electron chi connectivity index (χ3n) is 3.95. The minimum Gasteiger partial charge on any atom is -0.467 e. The van der Waals surface area contributed by atoms with E-state index in [1.54, 1.807) is 25.4 Å². The molecule has 1 aliphatic heterocycles. The van der Waals surface area contributed by atoms with Crippen molar-refractivity contribution < 1.29 is 14.1 Å². The summed E-state index contributed by atoms with van der Waals surface area (Å²) in [4.78, 5) is 13.0. The third-order valence-corrected chi connectivity index (χ3v) is 3.95. The number of nitro groups is 1. The molecule has 0 saturated carbocycles. The number of benzene rings is 1. The summed E-state index contributed by atoms with van der Waals surface area (Å²) in [6.07, 6.45) is 1.54. The van der Waals surface area contributed by atoms with Gasteiger partial charge < -0.3 is 14.5 Å². The Morgan fingerprint density at radius 2 is 2.30 bits per heavy atom. The van der Waals surface area contributed by atoms with Crippen LogP contribution < -0.4 is 5.32 Å². The van der Waals surface area contributed by atoms with Crippen molar-refractivity contribution in [3.63, 3.8) is 0 Å². The first-order chi connectivity index (χ1) is 11.2. The number of furan rings is 1. The maximum absolute atomic E-state index is 11.2. The molecule has 122 valence electrons. The molecule has 2 heterocycles. The van der Waals surface area contributed by atoms with E-state index in [9.17, 15) is 10.1 Å². The Kier molecular flexibility index (Phi) is 4.59. The lowest BCUT2D eigenvalue weighted by Gasteiger charge is -2.31. The van der Waals surface area contributed by atoms with E-state index in [1.165, 1.54) is 0 Å². The van der Waals surface area contributed by atoms with Crippen molar-refractivity contribution in [3.8, 4) is 0 Å². The average molecular weight is 317 g/mol. The molecule has 1 N–H and O–H groups in total. The Bertz CT molecular complexity index is 672. The van der Waals surface area contributed by atoms with Crippen molar-refractivity contribution in [1.82, 2.24) is 4.90 Å². The van der Waals surface area contributed by atoms with Gasteiger partial charge in [-0.25, -0.2) is 0 Å². The fourth-order valence-corrected chi connectivity index (χ4v) is 2.79. The Balaban J connectivity index is 1.71. The maximum atomic E-state index is 11.2. The summed E-state index contributed by atoms with van der Waals surface area (Å²) in [5, 5.41) is 14.0. The number of nitrogens with one attached hydrogen (secondary N) is 1. The number of nitro benzene ring substituents is 1. The van der Waals surface area contributed by atoms with Crippen LogP contribution in [0.5, 0.6) is 0 Å². The van der Waals surface area contributed by atoms with Crippen LogP contribution in [0, 0.1) is 10.1 Å². The van der Waals surface area contributed by atoms with Gasteiger partial charge >= 0.3 is 0 Å². The summed E-state index contributed by atoms with van der Waals surface area (Å²) in [5.41, 5.74) is 1.53. The van der Waals surface area contributed by atoms with Crippen LogP contribution in [0.3, 0.4) is 0 Å². The smallest absolute Gasteiger partial charge is 0.292 e. The molecule has 1 aromatic carbocycles. The highest BCUT2D eigenvalue weighted by Crippen LogP contribution is 2.27. The zero-order valence-electron chi connectivity index (χ0n) is 12.9. The molecule has 0 bridgehead atoms.